The van der Waals surface area contributed by atoms with Crippen molar-refractivity contribution < 1.29 is 13.9 Å². The van der Waals surface area contributed by atoms with E-state index in [9.17, 15) is 18.7 Å². The van der Waals surface area contributed by atoms with Crippen LogP contribution in [0.25, 0.3) is 16.6 Å². The summed E-state index contributed by atoms with van der Waals surface area (Å²) >= 11 is 0. The van der Waals surface area contributed by atoms with Crippen molar-refractivity contribution in [3.05, 3.63) is 107 Å². The minimum absolute atomic E-state index is 0.216. The van der Waals surface area contributed by atoms with Gasteiger partial charge in [0.15, 0.2) is 0 Å². The van der Waals surface area contributed by atoms with Gasteiger partial charge in [0, 0.05) is 23.4 Å². The van der Waals surface area contributed by atoms with Crippen LogP contribution in [-0.4, -0.2) is 34.1 Å². The van der Waals surface area contributed by atoms with Gasteiger partial charge < -0.3 is 5.11 Å². The highest BCUT2D eigenvalue weighted by Crippen LogP contribution is 2.36. The second kappa shape index (κ2) is 8.83. The summed E-state index contributed by atoms with van der Waals surface area (Å²) < 4.78 is 32.2. The zero-order valence-corrected chi connectivity index (χ0v) is 19.0. The Labute approximate surface area is 203 Å². The van der Waals surface area contributed by atoms with Gasteiger partial charge in [0.1, 0.15) is 29.9 Å². The number of aliphatic hydroxyl groups is 1. The lowest BCUT2D eigenvalue weighted by Crippen LogP contribution is -2.45. The van der Waals surface area contributed by atoms with Crippen LogP contribution in [0, 0.1) is 23.0 Å². The molecule has 0 amide bonds. The summed E-state index contributed by atoms with van der Waals surface area (Å²) in [7, 11) is 0. The molecule has 5 rings (SSSR count). The van der Waals surface area contributed by atoms with Crippen molar-refractivity contribution in [1.82, 2.24) is 28.9 Å². The van der Waals surface area contributed by atoms with Gasteiger partial charge in [-0.15, -0.1) is 0 Å². The van der Waals surface area contributed by atoms with Crippen molar-refractivity contribution in [2.45, 2.75) is 25.1 Å². The van der Waals surface area contributed by atoms with Crippen LogP contribution in [0.4, 0.5) is 8.78 Å². The fourth-order valence-electron chi connectivity index (χ4n) is 4.23. The van der Waals surface area contributed by atoms with E-state index in [-0.39, 0.29) is 12.1 Å². The third kappa shape index (κ3) is 3.93. The molecule has 0 spiro atoms. The first-order chi connectivity index (χ1) is 17.3. The van der Waals surface area contributed by atoms with E-state index < -0.39 is 29.0 Å². The lowest BCUT2D eigenvalue weighted by Gasteiger charge is -2.34. The minimum atomic E-state index is -2.04. The molecular formula is C25H19F2N7O2. The van der Waals surface area contributed by atoms with Gasteiger partial charge in [0.05, 0.1) is 35.9 Å². The number of rotatable bonds is 6. The molecule has 2 aromatic carbocycles. The maximum Gasteiger partial charge on any atom is 0.349 e. The van der Waals surface area contributed by atoms with Crippen LogP contribution in [0.1, 0.15) is 24.1 Å². The normalized spacial score (nSPS) is 13.9. The highest BCUT2D eigenvalue weighted by Gasteiger charge is 2.41. The first kappa shape index (κ1) is 23.1. The van der Waals surface area contributed by atoms with Gasteiger partial charge in [0.2, 0.25) is 0 Å². The first-order valence-corrected chi connectivity index (χ1v) is 10.9. The second-order valence-corrected chi connectivity index (χ2v) is 8.40. The largest absolute Gasteiger partial charge is 0.381 e. The molecule has 2 atom stereocenters. The molecule has 180 valence electrons. The van der Waals surface area contributed by atoms with E-state index in [2.05, 4.69) is 21.3 Å². The van der Waals surface area contributed by atoms with Gasteiger partial charge in [-0.1, -0.05) is 18.2 Å². The topological polar surface area (TPSA) is 114 Å². The van der Waals surface area contributed by atoms with Crippen LogP contribution in [-0.2, 0) is 12.1 Å². The molecule has 1 unspecified atom stereocenters. The molecule has 0 aliphatic carbocycles. The van der Waals surface area contributed by atoms with Crippen LogP contribution in [0.15, 0.2) is 78.4 Å². The number of benzene rings is 2. The standard InChI is InChI=1S/C25H19F2N7O2/c1-16(25(36,13-32-15-29-14-31-32)22-7-6-20(26)9-23(22)27)34-24(35)33-12-19(8-21(33)11-30-34)18-4-2-17(10-28)3-5-18/h2-9,11-12,14-16,36H,13H2,1H3/t16-,25?/m1/s1. The molecule has 0 fully saturated rings. The Kier molecular flexibility index (Phi) is 5.66. The average molecular weight is 487 g/mol. The van der Waals surface area contributed by atoms with Crippen molar-refractivity contribution in [1.29, 1.82) is 5.26 Å². The van der Waals surface area contributed by atoms with Crippen LogP contribution in [0.2, 0.25) is 0 Å². The number of hydrogen-bond acceptors (Lipinski definition) is 6. The van der Waals surface area contributed by atoms with Crippen LogP contribution >= 0.6 is 0 Å². The number of nitrogens with zero attached hydrogens (tertiary/aromatic N) is 7. The molecule has 9 nitrogen and oxygen atoms in total. The molecule has 0 saturated carbocycles. The van der Waals surface area contributed by atoms with E-state index >= 15 is 0 Å². The van der Waals surface area contributed by atoms with E-state index in [1.54, 1.807) is 36.5 Å². The van der Waals surface area contributed by atoms with Gasteiger partial charge in [-0.3, -0.25) is 4.40 Å². The lowest BCUT2D eigenvalue weighted by molar-refractivity contribution is -0.0390. The molecule has 0 bridgehead atoms. The molecule has 11 heteroatoms. The SMILES string of the molecule is C[C@@H](n1ncc2cc(-c3ccc(C#N)cc3)cn2c1=O)C(O)(Cn1cncn1)c1ccc(F)cc1F. The summed E-state index contributed by atoms with van der Waals surface area (Å²) in [5.74, 6) is -1.77. The van der Waals surface area contributed by atoms with Gasteiger partial charge in [-0.05, 0) is 36.8 Å². The lowest BCUT2D eigenvalue weighted by atomic mass is 9.86. The maximum absolute atomic E-state index is 14.9. The number of halogens is 2. The number of hydrogen-bond donors (Lipinski definition) is 1. The maximum atomic E-state index is 14.9. The quantitative estimate of drug-likeness (QED) is 0.394. The Balaban J connectivity index is 1.61. The molecule has 5 aromatic rings. The summed E-state index contributed by atoms with van der Waals surface area (Å²) in [4.78, 5) is 17.3. The highest BCUT2D eigenvalue weighted by atomic mass is 19.1. The predicted molar refractivity (Wildman–Crippen MR) is 125 cm³/mol. The Morgan fingerprint density at radius 3 is 2.56 bits per heavy atom. The van der Waals surface area contributed by atoms with E-state index in [1.807, 2.05) is 0 Å². The fourth-order valence-corrected chi connectivity index (χ4v) is 4.23. The van der Waals surface area contributed by atoms with E-state index in [0.717, 1.165) is 27.9 Å². The third-order valence-corrected chi connectivity index (χ3v) is 6.24. The van der Waals surface area contributed by atoms with Crippen molar-refractivity contribution >= 4 is 5.52 Å². The van der Waals surface area contributed by atoms with E-state index in [1.165, 1.54) is 34.9 Å². The Morgan fingerprint density at radius 1 is 1.11 bits per heavy atom. The van der Waals surface area contributed by atoms with Crippen LogP contribution in [0.3, 0.4) is 0 Å². The van der Waals surface area contributed by atoms with Gasteiger partial charge in [0.25, 0.3) is 0 Å². The summed E-state index contributed by atoms with van der Waals surface area (Å²) in [6, 6.07) is 12.5. The number of aromatic nitrogens is 6. The van der Waals surface area contributed by atoms with Crippen LogP contribution in [0.5, 0.6) is 0 Å². The monoisotopic (exact) mass is 487 g/mol. The number of nitriles is 1. The smallest absolute Gasteiger partial charge is 0.349 e. The van der Waals surface area contributed by atoms with E-state index in [0.29, 0.717) is 17.1 Å². The predicted octanol–water partition coefficient (Wildman–Crippen LogP) is 3.05. The van der Waals surface area contributed by atoms with Gasteiger partial charge in [-0.25, -0.2) is 27.9 Å². The van der Waals surface area contributed by atoms with Crippen molar-refractivity contribution in [2.75, 3.05) is 0 Å². The number of fused-ring (bicyclic) bond motifs is 1. The molecule has 36 heavy (non-hydrogen) atoms. The van der Waals surface area contributed by atoms with Crippen LogP contribution < -0.4 is 5.69 Å². The van der Waals surface area contributed by atoms with Crippen molar-refractivity contribution in [3.63, 3.8) is 0 Å². The molecule has 0 saturated heterocycles. The molecule has 0 radical (unpaired) electrons. The van der Waals surface area contributed by atoms with E-state index in [4.69, 9.17) is 5.26 Å². The second-order valence-electron chi connectivity index (χ2n) is 8.40. The summed E-state index contributed by atoms with van der Waals surface area (Å²) in [6.45, 7) is 1.25. The zero-order chi connectivity index (χ0) is 25.4. The Morgan fingerprint density at radius 2 is 1.89 bits per heavy atom. The van der Waals surface area contributed by atoms with Gasteiger partial charge >= 0.3 is 5.69 Å². The minimum Gasteiger partial charge on any atom is -0.381 e. The Hall–Kier alpha value is -4.69. The molecule has 0 aliphatic heterocycles. The average Bonchev–Trinajstić information content (AvgIpc) is 3.54. The molecule has 0 aliphatic rings. The Bertz CT molecular complexity index is 1650. The summed E-state index contributed by atoms with van der Waals surface area (Å²) in [6.07, 6.45) is 5.68. The first-order valence-electron chi connectivity index (χ1n) is 10.9. The summed E-state index contributed by atoms with van der Waals surface area (Å²) in [5, 5.41) is 29.0. The summed E-state index contributed by atoms with van der Waals surface area (Å²) in [5.41, 5.74) is -0.278. The fraction of sp³-hybridized carbons (Fsp3) is 0.160. The molecule has 3 heterocycles. The molecular weight excluding hydrogens is 468 g/mol. The van der Waals surface area contributed by atoms with Crippen molar-refractivity contribution in [3.8, 4) is 17.2 Å². The molecule has 3 aromatic heterocycles. The zero-order valence-electron chi connectivity index (χ0n) is 19.0. The van der Waals surface area contributed by atoms with Gasteiger partial charge in [-0.2, -0.15) is 15.5 Å². The highest BCUT2D eigenvalue weighted by molar-refractivity contribution is 5.70. The third-order valence-electron chi connectivity index (χ3n) is 6.24. The molecule has 1 N–H and O–H groups in total. The van der Waals surface area contributed by atoms with Crippen molar-refractivity contribution in [2.24, 2.45) is 0 Å².